The van der Waals surface area contributed by atoms with Crippen LogP contribution in [0.1, 0.15) is 23.7 Å². The van der Waals surface area contributed by atoms with Crippen molar-refractivity contribution >= 4 is 23.2 Å². The van der Waals surface area contributed by atoms with E-state index in [0.717, 1.165) is 0 Å². The second-order valence-electron chi connectivity index (χ2n) is 3.87. The van der Waals surface area contributed by atoms with E-state index in [1.807, 2.05) is 0 Å². The molecule has 1 rings (SSSR count). The number of Topliss-reactive ketones (excluding diaryl/α,β-unsaturated/α-hetero) is 2. The molecule has 0 saturated carbocycles. The molecule has 1 aromatic carbocycles. The lowest BCUT2D eigenvalue weighted by Crippen LogP contribution is -2.23. The first kappa shape index (κ1) is 15.6. The third kappa shape index (κ3) is 3.74. The van der Waals surface area contributed by atoms with E-state index in [1.165, 1.54) is 18.2 Å². The maximum atomic E-state index is 12.0. The van der Waals surface area contributed by atoms with Gasteiger partial charge in [0, 0.05) is 7.05 Å². The van der Waals surface area contributed by atoms with Gasteiger partial charge < -0.3 is 10.1 Å². The summed E-state index contributed by atoms with van der Waals surface area (Å²) < 4.78 is 4.50. The first-order valence-corrected chi connectivity index (χ1v) is 6.05. The Morgan fingerprint density at radius 3 is 2.45 bits per heavy atom. The quantitative estimate of drug-likeness (QED) is 0.358. The van der Waals surface area contributed by atoms with Gasteiger partial charge in [-0.1, -0.05) is 12.1 Å². The van der Waals surface area contributed by atoms with Crippen molar-refractivity contribution in [2.45, 2.75) is 13.3 Å². The monoisotopic (exact) mass is 277 g/mol. The molecule has 0 aliphatic heterocycles. The van der Waals surface area contributed by atoms with Crippen LogP contribution in [0.15, 0.2) is 29.1 Å². The molecule has 0 spiro atoms. The van der Waals surface area contributed by atoms with Gasteiger partial charge in [-0.15, -0.1) is 0 Å². The van der Waals surface area contributed by atoms with Crippen LogP contribution < -0.4 is 10.7 Å². The highest BCUT2D eigenvalue weighted by molar-refractivity contribution is 6.38. The van der Waals surface area contributed by atoms with Crippen molar-refractivity contribution in [2.75, 3.05) is 19.0 Å². The second-order valence-corrected chi connectivity index (χ2v) is 3.87. The second kappa shape index (κ2) is 7.18. The van der Waals surface area contributed by atoms with Crippen LogP contribution in [0.5, 0.6) is 0 Å². The third-order valence-electron chi connectivity index (χ3n) is 2.52. The number of hydrogen-bond acceptors (Lipinski definition) is 6. The third-order valence-corrected chi connectivity index (χ3v) is 2.52. The number of esters is 1. The minimum atomic E-state index is -1.07. The number of hydrogen-bond donors (Lipinski definition) is 1. The van der Waals surface area contributed by atoms with E-state index in [2.05, 4.69) is 10.1 Å². The van der Waals surface area contributed by atoms with Gasteiger partial charge in [-0.25, -0.2) is 4.79 Å². The summed E-state index contributed by atoms with van der Waals surface area (Å²) in [4.78, 5) is 46.6. The lowest BCUT2D eigenvalue weighted by Gasteiger charge is -2.00. The zero-order valence-corrected chi connectivity index (χ0v) is 11.3. The Hall–Kier alpha value is -2.50. The molecule has 20 heavy (non-hydrogen) atoms. The van der Waals surface area contributed by atoms with Crippen molar-refractivity contribution in [1.29, 1.82) is 0 Å². The Labute approximate surface area is 115 Å². The van der Waals surface area contributed by atoms with E-state index in [4.69, 9.17) is 0 Å². The van der Waals surface area contributed by atoms with Crippen LogP contribution in [0.3, 0.4) is 0 Å². The van der Waals surface area contributed by atoms with Gasteiger partial charge in [-0.2, -0.15) is 0 Å². The van der Waals surface area contributed by atoms with Crippen molar-refractivity contribution in [1.82, 2.24) is 0 Å². The normalized spacial score (nSPS) is 9.70. The Bertz CT molecular complexity index is 594. The summed E-state index contributed by atoms with van der Waals surface area (Å²) in [5.74, 6) is -2.74. The molecule has 0 aliphatic rings. The van der Waals surface area contributed by atoms with Crippen LogP contribution in [0, 0.1) is 0 Å². The number of nitrogens with one attached hydrogen (secondary N) is 1. The zero-order valence-electron chi connectivity index (χ0n) is 11.3. The van der Waals surface area contributed by atoms with E-state index < -0.39 is 29.4 Å². The molecule has 0 aromatic heterocycles. The summed E-state index contributed by atoms with van der Waals surface area (Å²) in [6.45, 7) is 1.61. The fraction of sp³-hybridized carbons (Fsp3) is 0.286. The van der Waals surface area contributed by atoms with Crippen LogP contribution in [-0.4, -0.2) is 31.2 Å². The van der Waals surface area contributed by atoms with Gasteiger partial charge in [0.1, 0.15) is 0 Å². The van der Waals surface area contributed by atoms with Crippen molar-refractivity contribution in [3.8, 4) is 0 Å². The summed E-state index contributed by atoms with van der Waals surface area (Å²) in [7, 11) is 1.55. The Morgan fingerprint density at radius 2 is 1.85 bits per heavy atom. The van der Waals surface area contributed by atoms with Gasteiger partial charge in [-0.3, -0.25) is 14.4 Å². The molecule has 1 N–H and O–H groups in total. The lowest BCUT2D eigenvalue weighted by atomic mass is 10.1. The highest BCUT2D eigenvalue weighted by Gasteiger charge is 2.21. The largest absolute Gasteiger partial charge is 0.460 e. The van der Waals surface area contributed by atoms with E-state index in [0.29, 0.717) is 0 Å². The number of ketones is 2. The average molecular weight is 277 g/mol. The van der Waals surface area contributed by atoms with E-state index >= 15 is 0 Å². The van der Waals surface area contributed by atoms with E-state index in [1.54, 1.807) is 20.0 Å². The van der Waals surface area contributed by atoms with E-state index in [-0.39, 0.29) is 17.9 Å². The van der Waals surface area contributed by atoms with Gasteiger partial charge in [0.2, 0.25) is 11.2 Å². The summed E-state index contributed by atoms with van der Waals surface area (Å²) >= 11 is 0. The minimum Gasteiger partial charge on any atom is -0.460 e. The molecule has 0 heterocycles. The SMILES string of the molecule is CCOC(=O)C(=O)CC(=O)c1ccccc(NC)c1=O. The fourth-order valence-electron chi connectivity index (χ4n) is 1.54. The first-order chi connectivity index (χ1) is 9.51. The standard InChI is InChI=1S/C14H15NO5/c1-3-20-14(19)12(17)8-11(16)9-6-4-5-7-10(15-2)13(9)18/h4-7H,3,8H2,1-2H3,(H,15,18). The molecule has 0 bridgehead atoms. The zero-order chi connectivity index (χ0) is 15.1. The molecule has 0 saturated heterocycles. The number of carbonyl (C=O) groups is 3. The van der Waals surface area contributed by atoms with Gasteiger partial charge in [0.05, 0.1) is 24.3 Å². The maximum absolute atomic E-state index is 12.0. The molecule has 106 valence electrons. The highest BCUT2D eigenvalue weighted by atomic mass is 16.5. The van der Waals surface area contributed by atoms with Crippen LogP contribution in [0.25, 0.3) is 0 Å². The van der Waals surface area contributed by atoms with Gasteiger partial charge in [0.15, 0.2) is 5.78 Å². The van der Waals surface area contributed by atoms with Crippen molar-refractivity contribution in [3.63, 3.8) is 0 Å². The minimum absolute atomic E-state index is 0.0514. The highest BCUT2D eigenvalue weighted by Crippen LogP contribution is 2.04. The summed E-state index contributed by atoms with van der Waals surface area (Å²) in [5, 5.41) is 2.67. The van der Waals surface area contributed by atoms with E-state index in [9.17, 15) is 19.2 Å². The maximum Gasteiger partial charge on any atom is 0.375 e. The van der Waals surface area contributed by atoms with Crippen LogP contribution in [-0.2, 0) is 14.3 Å². The molecule has 0 amide bonds. The fourth-order valence-corrected chi connectivity index (χ4v) is 1.54. The average Bonchev–Trinajstić information content (AvgIpc) is 2.60. The molecule has 0 aliphatic carbocycles. The predicted octanol–water partition coefficient (Wildman–Crippen LogP) is 0.793. The molecule has 0 unspecified atom stereocenters. The molecular weight excluding hydrogens is 262 g/mol. The van der Waals surface area contributed by atoms with Crippen molar-refractivity contribution in [3.05, 3.63) is 40.1 Å². The molecule has 0 fully saturated rings. The number of ether oxygens (including phenoxy) is 1. The Balaban J connectivity index is 3.00. The first-order valence-electron chi connectivity index (χ1n) is 6.05. The smallest absolute Gasteiger partial charge is 0.375 e. The molecule has 6 nitrogen and oxygen atoms in total. The summed E-state index contributed by atoms with van der Waals surface area (Å²) in [5.41, 5.74) is -0.418. The molecular formula is C14H15NO5. The van der Waals surface area contributed by atoms with Crippen LogP contribution in [0.4, 0.5) is 5.69 Å². The molecule has 6 heteroatoms. The summed E-state index contributed by atoms with van der Waals surface area (Å²) in [6.07, 6.45) is -0.679. The Kier molecular flexibility index (Phi) is 5.58. The van der Waals surface area contributed by atoms with Crippen LogP contribution in [0.2, 0.25) is 0 Å². The predicted molar refractivity (Wildman–Crippen MR) is 72.8 cm³/mol. The Morgan fingerprint density at radius 1 is 1.20 bits per heavy atom. The van der Waals surface area contributed by atoms with Crippen molar-refractivity contribution < 1.29 is 19.1 Å². The number of rotatable bonds is 6. The van der Waals surface area contributed by atoms with Crippen LogP contribution >= 0.6 is 0 Å². The van der Waals surface area contributed by atoms with Gasteiger partial charge >= 0.3 is 5.97 Å². The number of anilines is 1. The lowest BCUT2D eigenvalue weighted by molar-refractivity contribution is -0.153. The van der Waals surface area contributed by atoms with Gasteiger partial charge in [-0.05, 0) is 19.1 Å². The molecule has 0 radical (unpaired) electrons. The summed E-state index contributed by atoms with van der Waals surface area (Å²) in [6, 6.07) is 5.96. The molecule has 0 atom stereocenters. The van der Waals surface area contributed by atoms with Crippen molar-refractivity contribution in [2.24, 2.45) is 0 Å². The topological polar surface area (TPSA) is 89.5 Å². The van der Waals surface area contributed by atoms with Gasteiger partial charge in [0.25, 0.3) is 0 Å². The molecule has 1 aromatic rings. The number of carbonyl (C=O) groups excluding carboxylic acids is 3.